The summed E-state index contributed by atoms with van der Waals surface area (Å²) in [4.78, 5) is 38.9. The van der Waals surface area contributed by atoms with E-state index in [-0.39, 0.29) is 36.4 Å². The van der Waals surface area contributed by atoms with Gasteiger partial charge in [-0.25, -0.2) is 0 Å². The number of anilines is 2. The van der Waals surface area contributed by atoms with Crippen LogP contribution >= 0.6 is 0 Å². The van der Waals surface area contributed by atoms with Crippen LogP contribution in [-0.4, -0.2) is 24.1 Å². The quantitative estimate of drug-likeness (QED) is 0.752. The van der Waals surface area contributed by atoms with Gasteiger partial charge in [0.1, 0.15) is 0 Å². The van der Waals surface area contributed by atoms with Crippen molar-refractivity contribution in [2.24, 2.45) is 5.92 Å². The van der Waals surface area contributed by atoms with E-state index >= 15 is 0 Å². The number of carbonyl (C=O) groups is 3. The van der Waals surface area contributed by atoms with Crippen molar-refractivity contribution in [1.82, 2.24) is 0 Å². The van der Waals surface area contributed by atoms with E-state index in [9.17, 15) is 14.4 Å². The summed E-state index contributed by atoms with van der Waals surface area (Å²) in [7, 11) is 0. The molecule has 0 unspecified atom stereocenters. The van der Waals surface area contributed by atoms with Crippen LogP contribution in [0.3, 0.4) is 0 Å². The predicted octanol–water partition coefficient (Wildman–Crippen LogP) is 4.20. The highest BCUT2D eigenvalue weighted by molar-refractivity contribution is 6.01. The molecule has 0 radical (unpaired) electrons. The van der Waals surface area contributed by atoms with Gasteiger partial charge in [0.05, 0.1) is 0 Å². The van der Waals surface area contributed by atoms with Crippen molar-refractivity contribution in [3.05, 3.63) is 58.7 Å². The van der Waals surface area contributed by atoms with Gasteiger partial charge in [-0.1, -0.05) is 12.1 Å². The summed E-state index contributed by atoms with van der Waals surface area (Å²) in [5.74, 6) is 0.234. The van der Waals surface area contributed by atoms with Crippen LogP contribution in [0.25, 0.3) is 0 Å². The van der Waals surface area contributed by atoms with Crippen molar-refractivity contribution in [3.8, 4) is 0 Å². The highest BCUT2D eigenvalue weighted by Gasteiger charge is 2.36. The number of benzene rings is 2. The van der Waals surface area contributed by atoms with Crippen molar-refractivity contribution >= 4 is 29.0 Å². The zero-order valence-corrected chi connectivity index (χ0v) is 17.0. The van der Waals surface area contributed by atoms with Gasteiger partial charge in [-0.3, -0.25) is 14.4 Å². The highest BCUT2D eigenvalue weighted by Crippen LogP contribution is 2.37. The largest absolute Gasteiger partial charge is 0.326 e. The Morgan fingerprint density at radius 2 is 1.79 bits per heavy atom. The molecular formula is C24H26N2O3. The van der Waals surface area contributed by atoms with E-state index in [1.807, 2.05) is 55.1 Å². The molecule has 150 valence electrons. The van der Waals surface area contributed by atoms with E-state index in [2.05, 4.69) is 5.32 Å². The summed E-state index contributed by atoms with van der Waals surface area (Å²) in [6.07, 6.45) is 3.14. The summed E-state index contributed by atoms with van der Waals surface area (Å²) >= 11 is 0. The third kappa shape index (κ3) is 4.24. The number of amides is 2. The second-order valence-electron chi connectivity index (χ2n) is 8.13. The van der Waals surface area contributed by atoms with Gasteiger partial charge in [0.15, 0.2) is 5.78 Å². The van der Waals surface area contributed by atoms with Crippen LogP contribution in [0.1, 0.15) is 52.7 Å². The van der Waals surface area contributed by atoms with Crippen LogP contribution in [0, 0.1) is 19.8 Å². The number of Topliss-reactive ketones (excluding diaryl/α,β-unsaturated/α-hetero) is 1. The lowest BCUT2D eigenvalue weighted by Gasteiger charge is -2.17. The first kappa shape index (κ1) is 19.4. The van der Waals surface area contributed by atoms with Crippen LogP contribution in [0.15, 0.2) is 36.4 Å². The Balaban J connectivity index is 1.33. The van der Waals surface area contributed by atoms with E-state index in [1.54, 1.807) is 0 Å². The topological polar surface area (TPSA) is 66.5 Å². The molecule has 1 saturated carbocycles. The Morgan fingerprint density at radius 3 is 2.52 bits per heavy atom. The third-order valence-corrected chi connectivity index (χ3v) is 5.86. The third-order valence-electron chi connectivity index (χ3n) is 5.86. The number of nitrogens with zero attached hydrogens (tertiary/aromatic N) is 1. The van der Waals surface area contributed by atoms with Gasteiger partial charge in [0.25, 0.3) is 0 Å². The molecule has 2 amide bonds. The second-order valence-corrected chi connectivity index (χ2v) is 8.13. The summed E-state index contributed by atoms with van der Waals surface area (Å²) < 4.78 is 0. The van der Waals surface area contributed by atoms with Crippen LogP contribution in [-0.2, 0) is 16.0 Å². The number of aryl methyl sites for hydroxylation is 2. The molecule has 0 bridgehead atoms. The van der Waals surface area contributed by atoms with Gasteiger partial charge in [-0.2, -0.15) is 0 Å². The molecule has 1 aliphatic heterocycles. The lowest BCUT2D eigenvalue weighted by atomic mass is 10.0. The standard InChI is InChI=1S/C24H26N2O3/c1-15-3-4-19(13-16(15)2)22(27)9-10-23(28)25-20-7-8-21-18(14-20)11-12-26(21)24(29)17-5-6-17/h3-4,7-8,13-14,17H,5-6,9-12H2,1-2H3,(H,25,28). The van der Waals surface area contributed by atoms with Crippen LogP contribution in [0.2, 0.25) is 0 Å². The molecule has 5 nitrogen and oxygen atoms in total. The van der Waals surface area contributed by atoms with Gasteiger partial charge < -0.3 is 10.2 Å². The monoisotopic (exact) mass is 390 g/mol. The van der Waals surface area contributed by atoms with Gasteiger partial charge in [0.2, 0.25) is 11.8 Å². The maximum Gasteiger partial charge on any atom is 0.230 e. The highest BCUT2D eigenvalue weighted by atomic mass is 16.2. The normalized spacial score (nSPS) is 15.2. The lowest BCUT2D eigenvalue weighted by molar-refractivity contribution is -0.119. The van der Waals surface area contributed by atoms with Gasteiger partial charge >= 0.3 is 0 Å². The number of rotatable bonds is 6. The molecule has 0 aromatic heterocycles. The molecule has 5 heteroatoms. The molecule has 0 atom stereocenters. The van der Waals surface area contributed by atoms with E-state index < -0.39 is 0 Å². The number of nitrogens with one attached hydrogen (secondary N) is 1. The van der Waals surface area contributed by atoms with E-state index in [4.69, 9.17) is 0 Å². The van der Waals surface area contributed by atoms with Gasteiger partial charge in [-0.15, -0.1) is 0 Å². The lowest BCUT2D eigenvalue weighted by Crippen LogP contribution is -2.30. The first-order chi connectivity index (χ1) is 13.9. The SMILES string of the molecule is Cc1ccc(C(=O)CCC(=O)Nc2ccc3c(c2)CCN3C(=O)C2CC2)cc1C. The van der Waals surface area contributed by atoms with Gasteiger partial charge in [-0.05, 0) is 74.1 Å². The molecule has 2 aromatic rings. The van der Waals surface area contributed by atoms with Crippen molar-refractivity contribution in [1.29, 1.82) is 0 Å². The molecule has 2 aliphatic rings. The smallest absolute Gasteiger partial charge is 0.230 e. The molecule has 29 heavy (non-hydrogen) atoms. The van der Waals surface area contributed by atoms with Crippen LogP contribution in [0.4, 0.5) is 11.4 Å². The Labute approximate surface area is 171 Å². The van der Waals surface area contributed by atoms with Crippen molar-refractivity contribution in [2.45, 2.75) is 46.0 Å². The molecule has 1 fully saturated rings. The minimum atomic E-state index is -0.175. The predicted molar refractivity (Wildman–Crippen MR) is 113 cm³/mol. The van der Waals surface area contributed by atoms with Crippen molar-refractivity contribution < 1.29 is 14.4 Å². The average Bonchev–Trinajstić information content (AvgIpc) is 3.47. The maximum absolute atomic E-state index is 12.4. The molecule has 4 rings (SSSR count). The Hall–Kier alpha value is -2.95. The molecule has 2 aromatic carbocycles. The van der Waals surface area contributed by atoms with Crippen LogP contribution in [0.5, 0.6) is 0 Å². The van der Waals surface area contributed by atoms with Gasteiger partial charge in [0, 0.05) is 42.2 Å². The summed E-state index contributed by atoms with van der Waals surface area (Å²) in [6, 6.07) is 11.3. The molecule has 1 heterocycles. The first-order valence-corrected chi connectivity index (χ1v) is 10.3. The Kier molecular flexibility index (Phi) is 5.22. The number of ketones is 1. The fourth-order valence-electron chi connectivity index (χ4n) is 3.77. The Morgan fingerprint density at radius 1 is 1.00 bits per heavy atom. The number of hydrogen-bond acceptors (Lipinski definition) is 3. The number of carbonyl (C=O) groups excluding carboxylic acids is 3. The summed E-state index contributed by atoms with van der Waals surface area (Å²) in [5.41, 5.74) is 5.64. The second kappa shape index (κ2) is 7.82. The minimum Gasteiger partial charge on any atom is -0.326 e. The summed E-state index contributed by atoms with van der Waals surface area (Å²) in [5, 5.41) is 2.88. The van der Waals surface area contributed by atoms with Crippen LogP contribution < -0.4 is 10.2 Å². The average molecular weight is 390 g/mol. The molecule has 1 N–H and O–H groups in total. The van der Waals surface area contributed by atoms with E-state index in [0.29, 0.717) is 17.8 Å². The minimum absolute atomic E-state index is 0.0218. The van der Waals surface area contributed by atoms with Crippen molar-refractivity contribution in [3.63, 3.8) is 0 Å². The fraction of sp³-hybridized carbons (Fsp3) is 0.375. The van der Waals surface area contributed by atoms with E-state index in [0.717, 1.165) is 41.6 Å². The number of hydrogen-bond donors (Lipinski definition) is 1. The molecule has 0 spiro atoms. The fourth-order valence-corrected chi connectivity index (χ4v) is 3.77. The number of fused-ring (bicyclic) bond motifs is 1. The summed E-state index contributed by atoms with van der Waals surface area (Å²) in [6.45, 7) is 4.70. The zero-order chi connectivity index (χ0) is 20.5. The molecule has 1 aliphatic carbocycles. The molecule has 0 saturated heterocycles. The van der Waals surface area contributed by atoms with E-state index in [1.165, 1.54) is 0 Å². The molecular weight excluding hydrogens is 364 g/mol. The zero-order valence-electron chi connectivity index (χ0n) is 17.0. The maximum atomic E-state index is 12.4. The first-order valence-electron chi connectivity index (χ1n) is 10.3. The van der Waals surface area contributed by atoms with Crippen molar-refractivity contribution in [2.75, 3.05) is 16.8 Å². The Bertz CT molecular complexity index is 992.